The van der Waals surface area contributed by atoms with Gasteiger partial charge in [0, 0.05) is 17.8 Å². The summed E-state index contributed by atoms with van der Waals surface area (Å²) in [7, 11) is 0. The van der Waals surface area contributed by atoms with Crippen molar-refractivity contribution in [1.29, 1.82) is 0 Å². The van der Waals surface area contributed by atoms with Crippen LogP contribution >= 0.6 is 0 Å². The van der Waals surface area contributed by atoms with Gasteiger partial charge in [0.15, 0.2) is 5.76 Å². The molecule has 8 heteroatoms. The molecule has 0 saturated carbocycles. The van der Waals surface area contributed by atoms with Crippen molar-refractivity contribution in [3.05, 3.63) is 52.8 Å². The number of aryl methyl sites for hydroxylation is 1. The van der Waals surface area contributed by atoms with Crippen molar-refractivity contribution in [3.8, 4) is 17.4 Å². The molecular weight excluding hydrogens is 358 g/mol. The van der Waals surface area contributed by atoms with Gasteiger partial charge < -0.3 is 9.32 Å². The molecule has 0 bridgehead atoms. The fourth-order valence-corrected chi connectivity index (χ4v) is 3.32. The van der Waals surface area contributed by atoms with E-state index in [2.05, 4.69) is 10.1 Å². The van der Waals surface area contributed by atoms with Crippen molar-refractivity contribution in [1.82, 2.24) is 24.2 Å². The minimum atomic E-state index is -0.440. The highest BCUT2D eigenvalue weighted by molar-refractivity contribution is 5.76. The van der Waals surface area contributed by atoms with E-state index in [0.717, 1.165) is 5.69 Å². The first-order valence-electron chi connectivity index (χ1n) is 9.28. The van der Waals surface area contributed by atoms with Crippen molar-refractivity contribution in [2.24, 2.45) is 0 Å². The topological polar surface area (TPSA) is 86.2 Å². The molecule has 3 heterocycles. The SMILES string of the molecule is Cc1cccc(-n2c(-c3ccco3)nn(CC(=O)N(C(C)C)C(C)C)c2=O)n1. The Kier molecular flexibility index (Phi) is 5.48. The average molecular weight is 383 g/mol. The van der Waals surface area contributed by atoms with E-state index in [1.165, 1.54) is 15.5 Å². The number of hydrogen-bond acceptors (Lipinski definition) is 5. The number of carbonyl (C=O) groups is 1. The number of furan rings is 1. The second-order valence-electron chi connectivity index (χ2n) is 7.20. The zero-order valence-corrected chi connectivity index (χ0v) is 16.8. The third kappa shape index (κ3) is 3.76. The Hall–Kier alpha value is -3.16. The third-order valence-corrected chi connectivity index (χ3v) is 4.37. The second-order valence-corrected chi connectivity index (χ2v) is 7.20. The summed E-state index contributed by atoms with van der Waals surface area (Å²) in [5.74, 6) is 0.998. The van der Waals surface area contributed by atoms with Gasteiger partial charge in [0.1, 0.15) is 12.4 Å². The number of hydrogen-bond donors (Lipinski definition) is 0. The van der Waals surface area contributed by atoms with Crippen LogP contribution in [0.25, 0.3) is 17.4 Å². The first-order valence-corrected chi connectivity index (χ1v) is 9.28. The van der Waals surface area contributed by atoms with E-state index in [0.29, 0.717) is 17.4 Å². The minimum Gasteiger partial charge on any atom is -0.461 e. The van der Waals surface area contributed by atoms with Crippen LogP contribution in [-0.2, 0) is 11.3 Å². The summed E-state index contributed by atoms with van der Waals surface area (Å²) >= 11 is 0. The number of rotatable bonds is 6. The van der Waals surface area contributed by atoms with Gasteiger partial charge >= 0.3 is 5.69 Å². The van der Waals surface area contributed by atoms with Crippen LogP contribution in [0.1, 0.15) is 33.4 Å². The van der Waals surface area contributed by atoms with E-state index in [4.69, 9.17) is 4.42 Å². The van der Waals surface area contributed by atoms with Gasteiger partial charge in [-0.1, -0.05) is 6.07 Å². The first-order chi connectivity index (χ1) is 13.3. The van der Waals surface area contributed by atoms with Crippen LogP contribution in [0.5, 0.6) is 0 Å². The van der Waals surface area contributed by atoms with Gasteiger partial charge in [0.2, 0.25) is 11.7 Å². The summed E-state index contributed by atoms with van der Waals surface area (Å²) < 4.78 is 7.99. The van der Waals surface area contributed by atoms with Gasteiger partial charge in [0.05, 0.1) is 6.26 Å². The Morgan fingerprint density at radius 3 is 2.43 bits per heavy atom. The molecule has 0 spiro atoms. The van der Waals surface area contributed by atoms with Gasteiger partial charge in [-0.15, -0.1) is 5.10 Å². The highest BCUT2D eigenvalue weighted by Crippen LogP contribution is 2.19. The van der Waals surface area contributed by atoms with Crippen molar-refractivity contribution < 1.29 is 9.21 Å². The number of nitrogens with zero attached hydrogens (tertiary/aromatic N) is 5. The van der Waals surface area contributed by atoms with E-state index >= 15 is 0 Å². The molecule has 0 radical (unpaired) electrons. The molecule has 0 aromatic carbocycles. The van der Waals surface area contributed by atoms with E-state index in [9.17, 15) is 9.59 Å². The summed E-state index contributed by atoms with van der Waals surface area (Å²) in [5.41, 5.74) is 0.328. The lowest BCUT2D eigenvalue weighted by molar-refractivity contribution is -0.135. The molecule has 3 rings (SSSR count). The van der Waals surface area contributed by atoms with E-state index in [-0.39, 0.29) is 24.5 Å². The van der Waals surface area contributed by atoms with Crippen LogP contribution < -0.4 is 5.69 Å². The maximum absolute atomic E-state index is 13.1. The largest absolute Gasteiger partial charge is 0.461 e. The van der Waals surface area contributed by atoms with Crippen LogP contribution in [-0.4, -0.2) is 42.2 Å². The Morgan fingerprint density at radius 2 is 1.86 bits per heavy atom. The fourth-order valence-electron chi connectivity index (χ4n) is 3.32. The molecule has 148 valence electrons. The van der Waals surface area contributed by atoms with E-state index in [1.54, 1.807) is 23.1 Å². The molecule has 3 aromatic heterocycles. The molecule has 0 aliphatic heterocycles. The van der Waals surface area contributed by atoms with Gasteiger partial charge in [0.25, 0.3) is 0 Å². The first kappa shape index (κ1) is 19.6. The molecule has 1 amide bonds. The monoisotopic (exact) mass is 383 g/mol. The number of carbonyl (C=O) groups excluding carboxylic acids is 1. The molecule has 0 N–H and O–H groups in total. The summed E-state index contributed by atoms with van der Waals surface area (Å²) in [6, 6.07) is 8.87. The smallest absolute Gasteiger partial charge is 0.352 e. The van der Waals surface area contributed by atoms with Crippen LogP contribution in [0, 0.1) is 6.92 Å². The molecule has 0 unspecified atom stereocenters. The molecule has 0 fully saturated rings. The minimum absolute atomic E-state index is 0.0215. The number of aromatic nitrogens is 4. The highest BCUT2D eigenvalue weighted by atomic mass is 16.3. The van der Waals surface area contributed by atoms with Crippen LogP contribution in [0.4, 0.5) is 0 Å². The molecule has 3 aromatic rings. The molecule has 0 aliphatic rings. The zero-order valence-electron chi connectivity index (χ0n) is 16.8. The van der Waals surface area contributed by atoms with Gasteiger partial charge in [-0.05, 0) is 58.9 Å². The number of amides is 1. The van der Waals surface area contributed by atoms with Gasteiger partial charge in [-0.2, -0.15) is 0 Å². The summed E-state index contributed by atoms with van der Waals surface area (Å²) in [6.07, 6.45) is 1.51. The lowest BCUT2D eigenvalue weighted by Crippen LogP contribution is -2.45. The Labute approximate surface area is 163 Å². The molecular formula is C20H25N5O3. The van der Waals surface area contributed by atoms with Crippen molar-refractivity contribution in [2.45, 2.75) is 53.2 Å². The highest BCUT2D eigenvalue weighted by Gasteiger charge is 2.25. The van der Waals surface area contributed by atoms with Gasteiger partial charge in [-0.3, -0.25) is 4.79 Å². The summed E-state index contributed by atoms with van der Waals surface area (Å²) in [6.45, 7) is 9.49. The molecule has 0 atom stereocenters. The summed E-state index contributed by atoms with van der Waals surface area (Å²) in [4.78, 5) is 32.1. The Balaban J connectivity index is 2.08. The Bertz CT molecular complexity index is 1010. The van der Waals surface area contributed by atoms with Crippen molar-refractivity contribution in [3.63, 3.8) is 0 Å². The van der Waals surface area contributed by atoms with Crippen LogP contribution in [0.3, 0.4) is 0 Å². The quantitative estimate of drug-likeness (QED) is 0.653. The number of pyridine rings is 1. The standard InChI is InChI=1S/C20H25N5O3/c1-13(2)24(14(3)4)18(26)12-23-20(27)25(17-10-6-8-15(5)21-17)19(22-23)16-9-7-11-28-16/h6-11,13-14H,12H2,1-5H3. The maximum atomic E-state index is 13.1. The zero-order chi connectivity index (χ0) is 20.4. The molecule has 0 saturated heterocycles. The summed E-state index contributed by atoms with van der Waals surface area (Å²) in [5, 5.41) is 4.39. The predicted molar refractivity (Wildman–Crippen MR) is 105 cm³/mol. The van der Waals surface area contributed by atoms with Gasteiger partial charge in [-0.25, -0.2) is 19.0 Å². The van der Waals surface area contributed by atoms with Crippen molar-refractivity contribution in [2.75, 3.05) is 0 Å². The average Bonchev–Trinajstić information content (AvgIpc) is 3.23. The van der Waals surface area contributed by atoms with E-state index in [1.807, 2.05) is 46.8 Å². The molecule has 0 aliphatic carbocycles. The van der Waals surface area contributed by atoms with Crippen LogP contribution in [0.2, 0.25) is 0 Å². The predicted octanol–water partition coefficient (Wildman–Crippen LogP) is 2.64. The lowest BCUT2D eigenvalue weighted by Gasteiger charge is -2.30. The molecule has 8 nitrogen and oxygen atoms in total. The van der Waals surface area contributed by atoms with Crippen molar-refractivity contribution >= 4 is 5.91 Å². The lowest BCUT2D eigenvalue weighted by atomic mass is 10.2. The maximum Gasteiger partial charge on any atom is 0.352 e. The Morgan fingerprint density at radius 1 is 1.14 bits per heavy atom. The van der Waals surface area contributed by atoms with Crippen LogP contribution in [0.15, 0.2) is 45.8 Å². The normalized spacial score (nSPS) is 11.4. The second kappa shape index (κ2) is 7.84. The van der Waals surface area contributed by atoms with E-state index < -0.39 is 5.69 Å². The molecule has 28 heavy (non-hydrogen) atoms. The third-order valence-electron chi connectivity index (χ3n) is 4.37. The fraction of sp³-hybridized carbons (Fsp3) is 0.400.